The maximum atomic E-state index is 12.8. The van der Waals surface area contributed by atoms with E-state index in [9.17, 15) is 9.18 Å². The Morgan fingerprint density at radius 1 is 1.21 bits per heavy atom. The standard InChI is InChI=1S/C16H15BrFN3O2S/c1-10(23-14-4-2-3-11(17)9-14)15(22)20-21-16(24)19-13-7-5-12(18)6-8-13/h2-10H,1H3,(H,20,22)(H2,19,21,24)/t10-/m1/s1. The largest absolute Gasteiger partial charge is 0.481 e. The van der Waals surface area contributed by atoms with Gasteiger partial charge in [-0.05, 0) is 61.6 Å². The Labute approximate surface area is 152 Å². The predicted octanol–water partition coefficient (Wildman–Crippen LogP) is 3.37. The number of carbonyl (C=O) groups excluding carboxylic acids is 1. The topological polar surface area (TPSA) is 62.4 Å². The summed E-state index contributed by atoms with van der Waals surface area (Å²) in [5.74, 6) is -0.163. The molecular formula is C16H15BrFN3O2S. The molecule has 24 heavy (non-hydrogen) atoms. The Morgan fingerprint density at radius 2 is 1.92 bits per heavy atom. The maximum Gasteiger partial charge on any atom is 0.279 e. The first-order valence-corrected chi connectivity index (χ1v) is 8.19. The van der Waals surface area contributed by atoms with Crippen molar-refractivity contribution in [3.8, 4) is 5.75 Å². The fraction of sp³-hybridized carbons (Fsp3) is 0.125. The van der Waals surface area contributed by atoms with Crippen LogP contribution in [0.15, 0.2) is 53.0 Å². The molecule has 5 nitrogen and oxygen atoms in total. The van der Waals surface area contributed by atoms with Crippen molar-refractivity contribution in [3.63, 3.8) is 0 Å². The molecule has 0 spiro atoms. The van der Waals surface area contributed by atoms with Crippen molar-refractivity contribution in [2.45, 2.75) is 13.0 Å². The van der Waals surface area contributed by atoms with Crippen molar-refractivity contribution in [2.24, 2.45) is 0 Å². The minimum absolute atomic E-state index is 0.171. The molecular weight excluding hydrogens is 397 g/mol. The van der Waals surface area contributed by atoms with E-state index >= 15 is 0 Å². The highest BCUT2D eigenvalue weighted by Gasteiger charge is 2.14. The van der Waals surface area contributed by atoms with E-state index in [-0.39, 0.29) is 10.9 Å². The molecule has 0 saturated carbocycles. The minimum atomic E-state index is -0.722. The van der Waals surface area contributed by atoms with Crippen LogP contribution in [0.3, 0.4) is 0 Å². The van der Waals surface area contributed by atoms with Crippen molar-refractivity contribution in [1.82, 2.24) is 10.9 Å². The van der Waals surface area contributed by atoms with Gasteiger partial charge < -0.3 is 10.1 Å². The van der Waals surface area contributed by atoms with Crippen molar-refractivity contribution in [3.05, 3.63) is 58.8 Å². The monoisotopic (exact) mass is 411 g/mol. The molecule has 0 bridgehead atoms. The molecule has 0 aromatic heterocycles. The fourth-order valence-electron chi connectivity index (χ4n) is 1.71. The van der Waals surface area contributed by atoms with Crippen LogP contribution >= 0.6 is 28.1 Å². The summed E-state index contributed by atoms with van der Waals surface area (Å²) in [6.45, 7) is 1.62. The van der Waals surface area contributed by atoms with Gasteiger partial charge in [-0.1, -0.05) is 22.0 Å². The van der Waals surface area contributed by atoms with Gasteiger partial charge in [0.25, 0.3) is 5.91 Å². The first-order chi connectivity index (χ1) is 11.4. The highest BCUT2D eigenvalue weighted by molar-refractivity contribution is 9.10. The Bertz CT molecular complexity index is 728. The van der Waals surface area contributed by atoms with Crippen LogP contribution in [0.4, 0.5) is 10.1 Å². The van der Waals surface area contributed by atoms with Crippen molar-refractivity contribution >= 4 is 44.9 Å². The number of anilines is 1. The fourth-order valence-corrected chi connectivity index (χ4v) is 2.26. The van der Waals surface area contributed by atoms with Gasteiger partial charge in [-0.25, -0.2) is 4.39 Å². The van der Waals surface area contributed by atoms with Crippen LogP contribution in [-0.4, -0.2) is 17.1 Å². The summed E-state index contributed by atoms with van der Waals surface area (Å²) >= 11 is 8.38. The second-order valence-corrected chi connectivity index (χ2v) is 6.12. The third-order valence-corrected chi connectivity index (χ3v) is 3.58. The molecule has 2 aromatic rings. The van der Waals surface area contributed by atoms with Gasteiger partial charge in [-0.3, -0.25) is 15.6 Å². The quantitative estimate of drug-likeness (QED) is 0.531. The number of halogens is 2. The van der Waals surface area contributed by atoms with Crippen molar-refractivity contribution in [2.75, 3.05) is 5.32 Å². The second-order valence-electron chi connectivity index (χ2n) is 4.79. The third-order valence-electron chi connectivity index (χ3n) is 2.88. The molecule has 8 heteroatoms. The lowest BCUT2D eigenvalue weighted by Crippen LogP contribution is -2.48. The van der Waals surface area contributed by atoms with Gasteiger partial charge in [0.1, 0.15) is 11.6 Å². The smallest absolute Gasteiger partial charge is 0.279 e. The Hall–Kier alpha value is -2.19. The highest BCUT2D eigenvalue weighted by Crippen LogP contribution is 2.18. The number of benzene rings is 2. The zero-order valence-electron chi connectivity index (χ0n) is 12.7. The van der Waals surface area contributed by atoms with E-state index < -0.39 is 12.0 Å². The third kappa shape index (κ3) is 5.78. The summed E-state index contributed by atoms with van der Waals surface area (Å²) in [6, 6.07) is 12.9. The Kier molecular flexibility index (Phi) is 6.51. The molecule has 1 atom stereocenters. The average molecular weight is 412 g/mol. The van der Waals surface area contributed by atoms with Gasteiger partial charge in [0, 0.05) is 10.2 Å². The second kappa shape index (κ2) is 8.60. The van der Waals surface area contributed by atoms with Crippen molar-refractivity contribution in [1.29, 1.82) is 0 Å². The summed E-state index contributed by atoms with van der Waals surface area (Å²) in [5.41, 5.74) is 5.61. The molecule has 3 N–H and O–H groups in total. The molecule has 0 aliphatic rings. The summed E-state index contributed by atoms with van der Waals surface area (Å²) in [6.07, 6.45) is -0.722. The zero-order chi connectivity index (χ0) is 17.5. The Balaban J connectivity index is 1.79. The number of ether oxygens (including phenoxy) is 1. The van der Waals surface area contributed by atoms with Crippen LogP contribution in [0, 0.1) is 5.82 Å². The molecule has 2 aromatic carbocycles. The minimum Gasteiger partial charge on any atom is -0.481 e. The molecule has 1 amide bonds. The average Bonchev–Trinajstić information content (AvgIpc) is 2.54. The van der Waals surface area contributed by atoms with Crippen LogP contribution in [-0.2, 0) is 4.79 Å². The molecule has 0 saturated heterocycles. The maximum absolute atomic E-state index is 12.8. The van der Waals surface area contributed by atoms with Gasteiger partial charge in [-0.2, -0.15) is 0 Å². The van der Waals surface area contributed by atoms with Gasteiger partial charge in [0.15, 0.2) is 11.2 Å². The number of rotatable bonds is 4. The van der Waals surface area contributed by atoms with Crippen LogP contribution in [0.2, 0.25) is 0 Å². The van der Waals surface area contributed by atoms with Gasteiger partial charge in [-0.15, -0.1) is 0 Å². The summed E-state index contributed by atoms with van der Waals surface area (Å²) in [5, 5.41) is 2.98. The van der Waals surface area contributed by atoms with Crippen LogP contribution in [0.25, 0.3) is 0 Å². The molecule has 0 aliphatic carbocycles. The van der Waals surface area contributed by atoms with Crippen LogP contribution in [0.5, 0.6) is 5.75 Å². The summed E-state index contributed by atoms with van der Waals surface area (Å²) in [7, 11) is 0. The van der Waals surface area contributed by atoms with E-state index in [0.717, 1.165) is 4.47 Å². The van der Waals surface area contributed by atoms with Gasteiger partial charge >= 0.3 is 0 Å². The van der Waals surface area contributed by atoms with Crippen LogP contribution < -0.4 is 20.9 Å². The summed E-state index contributed by atoms with van der Waals surface area (Å²) in [4.78, 5) is 12.0. The van der Waals surface area contributed by atoms with E-state index in [1.807, 2.05) is 12.1 Å². The molecule has 2 rings (SSSR count). The molecule has 0 heterocycles. The molecule has 0 radical (unpaired) electrons. The van der Waals surface area contributed by atoms with Gasteiger partial charge in [0.05, 0.1) is 0 Å². The first-order valence-electron chi connectivity index (χ1n) is 6.98. The van der Waals surface area contributed by atoms with E-state index in [4.69, 9.17) is 17.0 Å². The van der Waals surface area contributed by atoms with Crippen molar-refractivity contribution < 1.29 is 13.9 Å². The lowest BCUT2D eigenvalue weighted by Gasteiger charge is -2.16. The molecule has 0 unspecified atom stereocenters. The van der Waals surface area contributed by atoms with E-state index in [1.54, 1.807) is 19.1 Å². The Morgan fingerprint density at radius 3 is 2.58 bits per heavy atom. The number of thiocarbonyl (C=S) groups is 1. The van der Waals surface area contributed by atoms with E-state index in [2.05, 4.69) is 32.1 Å². The predicted molar refractivity (Wildman–Crippen MR) is 98.1 cm³/mol. The first kappa shape index (κ1) is 18.2. The number of amides is 1. The summed E-state index contributed by atoms with van der Waals surface area (Å²) < 4.78 is 19.2. The van der Waals surface area contributed by atoms with Crippen LogP contribution in [0.1, 0.15) is 6.92 Å². The SMILES string of the molecule is C[C@@H](Oc1cccc(Br)c1)C(=O)NNC(=S)Nc1ccc(F)cc1. The number of hydrazine groups is 1. The lowest BCUT2D eigenvalue weighted by atomic mass is 10.3. The number of hydrogen-bond donors (Lipinski definition) is 3. The van der Waals surface area contributed by atoms with E-state index in [1.165, 1.54) is 24.3 Å². The molecule has 0 fully saturated rings. The molecule has 126 valence electrons. The lowest BCUT2D eigenvalue weighted by molar-refractivity contribution is -0.127. The number of nitrogens with one attached hydrogen (secondary N) is 3. The van der Waals surface area contributed by atoms with E-state index in [0.29, 0.717) is 11.4 Å². The highest BCUT2D eigenvalue weighted by atomic mass is 79.9. The number of carbonyl (C=O) groups is 1. The number of hydrogen-bond acceptors (Lipinski definition) is 3. The molecule has 0 aliphatic heterocycles. The van der Waals surface area contributed by atoms with Gasteiger partial charge in [0.2, 0.25) is 0 Å². The normalized spacial score (nSPS) is 11.3. The zero-order valence-corrected chi connectivity index (χ0v) is 15.1.